The third kappa shape index (κ3) is 4.20. The molecule has 0 unspecified atom stereocenters. The molecule has 0 saturated heterocycles. The molecule has 0 bridgehead atoms. The quantitative estimate of drug-likeness (QED) is 0.410. The Kier molecular flexibility index (Phi) is 5.57. The lowest BCUT2D eigenvalue weighted by atomic mass is 9.86. The summed E-state index contributed by atoms with van der Waals surface area (Å²) in [5, 5.41) is 7.86. The summed E-state index contributed by atoms with van der Waals surface area (Å²) >= 11 is 6.36. The Morgan fingerprint density at radius 2 is 1.76 bits per heavy atom. The number of fused-ring (bicyclic) bond motifs is 3. The van der Waals surface area contributed by atoms with Crippen molar-refractivity contribution in [2.45, 2.75) is 51.8 Å². The zero-order valence-corrected chi connectivity index (χ0v) is 20.3. The van der Waals surface area contributed by atoms with Gasteiger partial charge in [0.1, 0.15) is 11.5 Å². The Balaban J connectivity index is 1.52. The molecule has 0 radical (unpaired) electrons. The van der Waals surface area contributed by atoms with Gasteiger partial charge in [0.15, 0.2) is 0 Å². The summed E-state index contributed by atoms with van der Waals surface area (Å²) in [6.45, 7) is 9.32. The molecule has 3 aromatic rings. The van der Waals surface area contributed by atoms with E-state index in [4.69, 9.17) is 26.2 Å². The van der Waals surface area contributed by atoms with E-state index in [2.05, 4.69) is 62.2 Å². The molecular weight excluding hydrogens is 432 g/mol. The number of ether oxygens (including phenoxy) is 2. The maximum absolute atomic E-state index is 6.49. The molecule has 0 saturated carbocycles. The van der Waals surface area contributed by atoms with E-state index in [1.54, 1.807) is 0 Å². The molecule has 5 heteroatoms. The van der Waals surface area contributed by atoms with Gasteiger partial charge in [0.2, 0.25) is 6.23 Å². The molecule has 3 aromatic carbocycles. The topological polar surface area (TPSA) is 34.1 Å². The number of hydrogen-bond acceptors (Lipinski definition) is 4. The van der Waals surface area contributed by atoms with Crippen LogP contribution in [0.15, 0.2) is 71.8 Å². The van der Waals surface area contributed by atoms with E-state index >= 15 is 0 Å². The molecule has 33 heavy (non-hydrogen) atoms. The first kappa shape index (κ1) is 21.8. The van der Waals surface area contributed by atoms with Gasteiger partial charge in [0.25, 0.3) is 0 Å². The zero-order chi connectivity index (χ0) is 23.2. The number of nitrogens with zero attached hydrogens (tertiary/aromatic N) is 2. The molecular formula is C28H29ClN2O2. The van der Waals surface area contributed by atoms with Crippen molar-refractivity contribution < 1.29 is 9.47 Å². The van der Waals surface area contributed by atoms with Crippen molar-refractivity contribution in [1.82, 2.24) is 5.01 Å². The van der Waals surface area contributed by atoms with Gasteiger partial charge < -0.3 is 9.47 Å². The van der Waals surface area contributed by atoms with Crippen molar-refractivity contribution in [3.63, 3.8) is 0 Å². The Labute approximate surface area is 200 Å². The monoisotopic (exact) mass is 460 g/mol. The molecule has 2 atom stereocenters. The van der Waals surface area contributed by atoms with E-state index in [1.165, 1.54) is 5.56 Å². The molecule has 2 heterocycles. The SMILES string of the molecule is CCOc1ccc(C2=NN3[C@@H](C2)c2cc(Cl)ccc2O[C@H]3c2ccc(C(C)(C)C)cc2)cc1. The average Bonchev–Trinajstić information content (AvgIpc) is 3.25. The molecule has 0 spiro atoms. The first-order valence-corrected chi connectivity index (χ1v) is 11.9. The lowest BCUT2D eigenvalue weighted by molar-refractivity contribution is -0.0190. The molecule has 2 aliphatic heterocycles. The molecule has 0 N–H and O–H groups in total. The van der Waals surface area contributed by atoms with Crippen LogP contribution in [0.5, 0.6) is 11.5 Å². The van der Waals surface area contributed by atoms with Crippen molar-refractivity contribution >= 4 is 17.3 Å². The average molecular weight is 461 g/mol. The predicted molar refractivity (Wildman–Crippen MR) is 133 cm³/mol. The smallest absolute Gasteiger partial charge is 0.213 e. The second-order valence-corrected chi connectivity index (χ2v) is 10.1. The Bertz CT molecular complexity index is 1180. The zero-order valence-electron chi connectivity index (χ0n) is 19.5. The van der Waals surface area contributed by atoms with E-state index in [0.717, 1.165) is 40.3 Å². The molecule has 0 fully saturated rings. The van der Waals surface area contributed by atoms with Crippen molar-refractivity contribution in [3.8, 4) is 11.5 Å². The third-order valence-corrected chi connectivity index (χ3v) is 6.55. The minimum Gasteiger partial charge on any atom is -0.494 e. The number of rotatable bonds is 4. The Morgan fingerprint density at radius 1 is 1.03 bits per heavy atom. The highest BCUT2D eigenvalue weighted by Gasteiger charge is 2.41. The fraction of sp³-hybridized carbons (Fsp3) is 0.321. The van der Waals surface area contributed by atoms with Crippen LogP contribution in [-0.2, 0) is 5.41 Å². The first-order chi connectivity index (χ1) is 15.8. The number of hydrogen-bond donors (Lipinski definition) is 0. The van der Waals surface area contributed by atoms with Gasteiger partial charge in [0, 0.05) is 22.6 Å². The van der Waals surface area contributed by atoms with Crippen molar-refractivity contribution in [2.75, 3.05) is 6.61 Å². The van der Waals surface area contributed by atoms with Crippen LogP contribution >= 0.6 is 11.6 Å². The fourth-order valence-corrected chi connectivity index (χ4v) is 4.69. The van der Waals surface area contributed by atoms with E-state index in [1.807, 2.05) is 37.3 Å². The van der Waals surface area contributed by atoms with Gasteiger partial charge in [-0.15, -0.1) is 0 Å². The normalized spacial score (nSPS) is 19.4. The highest BCUT2D eigenvalue weighted by atomic mass is 35.5. The summed E-state index contributed by atoms with van der Waals surface area (Å²) in [5.74, 6) is 1.74. The summed E-state index contributed by atoms with van der Waals surface area (Å²) in [5.41, 5.74) is 5.70. The molecule has 2 aliphatic rings. The second kappa shape index (κ2) is 8.42. The number of benzene rings is 3. The highest BCUT2D eigenvalue weighted by molar-refractivity contribution is 6.30. The molecule has 4 nitrogen and oxygen atoms in total. The van der Waals surface area contributed by atoms with E-state index in [0.29, 0.717) is 11.6 Å². The third-order valence-electron chi connectivity index (χ3n) is 6.31. The lowest BCUT2D eigenvalue weighted by Crippen LogP contribution is -2.33. The van der Waals surface area contributed by atoms with Gasteiger partial charge in [-0.2, -0.15) is 5.10 Å². The lowest BCUT2D eigenvalue weighted by Gasteiger charge is -2.38. The van der Waals surface area contributed by atoms with E-state index < -0.39 is 0 Å². The van der Waals surface area contributed by atoms with Gasteiger partial charge in [-0.1, -0.05) is 56.6 Å². The van der Waals surface area contributed by atoms with Crippen LogP contribution in [0.3, 0.4) is 0 Å². The van der Waals surface area contributed by atoms with E-state index in [9.17, 15) is 0 Å². The highest BCUT2D eigenvalue weighted by Crippen LogP contribution is 2.48. The molecule has 170 valence electrons. The summed E-state index contributed by atoms with van der Waals surface area (Å²) < 4.78 is 12.1. The van der Waals surface area contributed by atoms with Gasteiger partial charge in [0.05, 0.1) is 18.4 Å². The maximum atomic E-state index is 6.49. The summed E-state index contributed by atoms with van der Waals surface area (Å²) in [6, 6.07) is 22.8. The predicted octanol–water partition coefficient (Wildman–Crippen LogP) is 7.28. The summed E-state index contributed by atoms with van der Waals surface area (Å²) in [6.07, 6.45) is 0.499. The number of halogens is 1. The largest absolute Gasteiger partial charge is 0.494 e. The van der Waals surface area contributed by atoms with Crippen LogP contribution < -0.4 is 9.47 Å². The van der Waals surface area contributed by atoms with Crippen molar-refractivity contribution in [1.29, 1.82) is 0 Å². The van der Waals surface area contributed by atoms with Gasteiger partial charge in [-0.05, 0) is 65.9 Å². The van der Waals surface area contributed by atoms with Crippen LogP contribution in [0.25, 0.3) is 0 Å². The Hall–Kier alpha value is -2.98. The minimum absolute atomic E-state index is 0.0707. The summed E-state index contributed by atoms with van der Waals surface area (Å²) in [7, 11) is 0. The standard InChI is InChI=1S/C28H29ClN2O2/c1-5-32-22-13-8-18(9-14-22)24-17-25-23-16-21(29)12-15-26(23)33-27(31(25)30-24)19-6-10-20(11-7-19)28(2,3)4/h6-16,25,27H,5,17H2,1-4H3/t25-,27-/m0/s1. The maximum Gasteiger partial charge on any atom is 0.213 e. The van der Waals surface area contributed by atoms with Gasteiger partial charge >= 0.3 is 0 Å². The molecule has 5 rings (SSSR count). The van der Waals surface area contributed by atoms with Crippen molar-refractivity contribution in [2.24, 2.45) is 5.10 Å². The van der Waals surface area contributed by atoms with E-state index in [-0.39, 0.29) is 17.7 Å². The van der Waals surface area contributed by atoms with Crippen LogP contribution in [-0.4, -0.2) is 17.3 Å². The van der Waals surface area contributed by atoms with Crippen LogP contribution in [0.1, 0.15) is 68.6 Å². The van der Waals surface area contributed by atoms with Gasteiger partial charge in [-0.25, -0.2) is 5.01 Å². The minimum atomic E-state index is -0.294. The van der Waals surface area contributed by atoms with Crippen LogP contribution in [0.4, 0.5) is 0 Å². The Morgan fingerprint density at radius 3 is 2.42 bits per heavy atom. The summed E-state index contributed by atoms with van der Waals surface area (Å²) in [4.78, 5) is 0. The molecule has 0 amide bonds. The molecule has 0 aromatic heterocycles. The second-order valence-electron chi connectivity index (χ2n) is 9.63. The first-order valence-electron chi connectivity index (χ1n) is 11.5. The fourth-order valence-electron chi connectivity index (χ4n) is 4.51. The molecule has 0 aliphatic carbocycles. The van der Waals surface area contributed by atoms with Gasteiger partial charge in [-0.3, -0.25) is 0 Å². The van der Waals surface area contributed by atoms with Crippen LogP contribution in [0.2, 0.25) is 5.02 Å². The van der Waals surface area contributed by atoms with Crippen LogP contribution in [0, 0.1) is 0 Å². The number of hydrazone groups is 1. The van der Waals surface area contributed by atoms with Crippen molar-refractivity contribution in [3.05, 3.63) is 94.0 Å².